The molecule has 6 heteroatoms. The number of alkyl halides is 1. The maximum Gasteiger partial charge on any atom is 0.127 e. The molecule has 4 aromatic rings. The Morgan fingerprint density at radius 1 is 0.925 bits per heavy atom. The van der Waals surface area contributed by atoms with E-state index in [-0.39, 0.29) is 0 Å². The fourth-order valence-corrected chi connectivity index (χ4v) is 3.96. The van der Waals surface area contributed by atoms with Gasteiger partial charge in [-0.05, 0) is 85.1 Å². The summed E-state index contributed by atoms with van der Waals surface area (Å²) in [5.74, 6) is 3.82. The number of nitrogen functional groups attached to an aromatic ring is 1. The van der Waals surface area contributed by atoms with E-state index in [2.05, 4.69) is 56.3 Å². The number of rotatable bonds is 8. The molecular formula is C34H41BrClN3O. The summed E-state index contributed by atoms with van der Waals surface area (Å²) in [7, 11) is 0. The van der Waals surface area contributed by atoms with Gasteiger partial charge in [0.2, 0.25) is 0 Å². The zero-order chi connectivity index (χ0) is 29.9. The van der Waals surface area contributed by atoms with E-state index in [1.165, 1.54) is 0 Å². The number of hydrogen-bond donors (Lipinski definition) is 1. The second-order valence-electron chi connectivity index (χ2n) is 7.64. The Kier molecular flexibility index (Phi) is 16.8. The van der Waals surface area contributed by atoms with Crippen molar-refractivity contribution in [3.8, 4) is 28.3 Å². The number of pyridine rings is 1. The van der Waals surface area contributed by atoms with Gasteiger partial charge in [-0.25, -0.2) is 4.98 Å². The predicted molar refractivity (Wildman–Crippen MR) is 179 cm³/mol. The van der Waals surface area contributed by atoms with E-state index in [0.717, 1.165) is 39.7 Å². The summed E-state index contributed by atoms with van der Waals surface area (Å²) in [5, 5.41) is 0.698. The van der Waals surface area contributed by atoms with Crippen LogP contribution in [-0.4, -0.2) is 15.4 Å². The van der Waals surface area contributed by atoms with Crippen molar-refractivity contribution < 1.29 is 4.74 Å². The Labute approximate surface area is 254 Å². The molecule has 0 saturated carbocycles. The summed E-state index contributed by atoms with van der Waals surface area (Å²) in [4.78, 5) is 4.50. The second-order valence-corrected chi connectivity index (χ2v) is 8.04. The fraction of sp³-hybridized carbons (Fsp3) is 0.206. The van der Waals surface area contributed by atoms with Gasteiger partial charge < -0.3 is 15.0 Å². The van der Waals surface area contributed by atoms with Gasteiger partial charge in [0.15, 0.2) is 0 Å². The molecule has 2 heterocycles. The first-order valence-electron chi connectivity index (χ1n) is 13.4. The first-order chi connectivity index (χ1) is 19.6. The number of nitrogens with zero attached hydrogens (tertiary/aromatic N) is 2. The van der Waals surface area contributed by atoms with Gasteiger partial charge in [-0.15, -0.1) is 0 Å². The molecular weight excluding hydrogens is 582 g/mol. The highest BCUT2D eigenvalue weighted by Crippen LogP contribution is 2.34. The minimum atomic E-state index is 0.497. The summed E-state index contributed by atoms with van der Waals surface area (Å²) in [6.45, 7) is 14.2. The van der Waals surface area contributed by atoms with E-state index in [0.29, 0.717) is 17.4 Å². The summed E-state index contributed by atoms with van der Waals surface area (Å²) in [6, 6.07) is 25.7. The lowest BCUT2D eigenvalue weighted by molar-refractivity contribution is 0.443. The van der Waals surface area contributed by atoms with Crippen LogP contribution in [0.15, 0.2) is 116 Å². The van der Waals surface area contributed by atoms with Crippen molar-refractivity contribution in [2.45, 2.75) is 41.2 Å². The van der Waals surface area contributed by atoms with Crippen LogP contribution in [0.25, 0.3) is 22.5 Å². The van der Waals surface area contributed by atoms with Crippen LogP contribution < -0.4 is 10.5 Å². The molecule has 2 aromatic heterocycles. The SMILES string of the molecule is C=C/C=C\C(=C/C)Oc1ccc(-c2ccc(-c3ccccc3Cl)n2Cc2cccc(N)n2)cc1.CBr.CC.CC. The fourth-order valence-electron chi connectivity index (χ4n) is 3.72. The van der Waals surface area contributed by atoms with E-state index >= 15 is 0 Å². The van der Waals surface area contributed by atoms with Crippen LogP contribution in [0.5, 0.6) is 5.75 Å². The quantitative estimate of drug-likeness (QED) is 0.121. The molecule has 0 amide bonds. The van der Waals surface area contributed by atoms with Crippen molar-refractivity contribution in [1.82, 2.24) is 9.55 Å². The molecule has 40 heavy (non-hydrogen) atoms. The third-order valence-corrected chi connectivity index (χ3v) is 5.68. The summed E-state index contributed by atoms with van der Waals surface area (Å²) < 4.78 is 8.18. The van der Waals surface area contributed by atoms with Gasteiger partial charge in [-0.2, -0.15) is 0 Å². The summed E-state index contributed by atoms with van der Waals surface area (Å²) in [5.41, 5.74) is 10.9. The number of hydrogen-bond acceptors (Lipinski definition) is 3. The van der Waals surface area contributed by atoms with Crippen molar-refractivity contribution in [2.75, 3.05) is 11.6 Å². The zero-order valence-corrected chi connectivity index (χ0v) is 26.7. The van der Waals surface area contributed by atoms with Crippen molar-refractivity contribution in [1.29, 1.82) is 0 Å². The third kappa shape index (κ3) is 9.89. The van der Waals surface area contributed by atoms with E-state index in [1.54, 1.807) is 12.1 Å². The van der Waals surface area contributed by atoms with Crippen molar-refractivity contribution >= 4 is 33.3 Å². The van der Waals surface area contributed by atoms with Gasteiger partial charge >= 0.3 is 0 Å². The van der Waals surface area contributed by atoms with Crippen LogP contribution in [-0.2, 0) is 6.54 Å². The molecule has 0 atom stereocenters. The Hall–Kier alpha value is -3.54. The number of allylic oxidation sites excluding steroid dienone is 4. The van der Waals surface area contributed by atoms with Gasteiger partial charge in [0.25, 0.3) is 0 Å². The minimum Gasteiger partial charge on any atom is -0.458 e. The molecule has 0 saturated heterocycles. The highest BCUT2D eigenvalue weighted by molar-refractivity contribution is 9.08. The standard InChI is InChI=1S/C29H26ClN3O.2C2H6.CH3Br/c1-3-5-10-23(4-2)34-24-16-14-21(15-17-24)27-18-19-28(25-11-6-7-12-26(25)30)33(27)20-22-9-8-13-29(31)32-22;3*1-2/h3-19H,1,20H2,2H3,(H2,31,32);2*1-2H3;1H3/b10-5-,23-4+;;;. The number of nitrogens with two attached hydrogens (primary N) is 1. The minimum absolute atomic E-state index is 0.497. The lowest BCUT2D eigenvalue weighted by Gasteiger charge is -2.15. The van der Waals surface area contributed by atoms with Gasteiger partial charge in [-0.1, -0.05) is 98.2 Å². The Balaban J connectivity index is 0.00000125. The lowest BCUT2D eigenvalue weighted by atomic mass is 10.1. The molecule has 4 rings (SSSR count). The van der Waals surface area contributed by atoms with Gasteiger partial charge in [0.1, 0.15) is 17.3 Å². The first kappa shape index (κ1) is 34.5. The smallest absolute Gasteiger partial charge is 0.127 e. The molecule has 0 spiro atoms. The Morgan fingerprint density at radius 3 is 2.17 bits per heavy atom. The highest BCUT2D eigenvalue weighted by atomic mass is 79.9. The van der Waals surface area contributed by atoms with Crippen LogP contribution in [0.1, 0.15) is 40.3 Å². The average Bonchev–Trinajstić information content (AvgIpc) is 3.42. The lowest BCUT2D eigenvalue weighted by Crippen LogP contribution is -2.06. The highest BCUT2D eigenvalue weighted by Gasteiger charge is 2.15. The molecule has 0 unspecified atom stereocenters. The molecule has 0 radical (unpaired) electrons. The number of benzene rings is 2. The molecule has 0 bridgehead atoms. The number of halogens is 2. The molecule has 212 valence electrons. The molecule has 4 nitrogen and oxygen atoms in total. The van der Waals surface area contributed by atoms with Gasteiger partial charge in [0.05, 0.1) is 17.9 Å². The Morgan fingerprint density at radius 2 is 1.57 bits per heavy atom. The monoisotopic (exact) mass is 621 g/mol. The number of ether oxygens (including phenoxy) is 1. The van der Waals surface area contributed by atoms with E-state index in [4.69, 9.17) is 22.1 Å². The number of anilines is 1. The average molecular weight is 623 g/mol. The molecule has 0 aliphatic rings. The zero-order valence-electron chi connectivity index (χ0n) is 24.4. The maximum absolute atomic E-state index is 6.55. The van der Waals surface area contributed by atoms with E-state index in [9.17, 15) is 0 Å². The summed E-state index contributed by atoms with van der Waals surface area (Å²) in [6.07, 6.45) is 7.35. The Bertz CT molecular complexity index is 1360. The second kappa shape index (κ2) is 19.5. The summed E-state index contributed by atoms with van der Waals surface area (Å²) >= 11 is 9.49. The van der Waals surface area contributed by atoms with Crippen molar-refractivity contribution in [2.24, 2.45) is 0 Å². The van der Waals surface area contributed by atoms with Crippen LogP contribution in [0, 0.1) is 0 Å². The topological polar surface area (TPSA) is 53.1 Å². The van der Waals surface area contributed by atoms with Crippen LogP contribution in [0.3, 0.4) is 0 Å². The van der Waals surface area contributed by atoms with Gasteiger partial charge in [-0.3, -0.25) is 0 Å². The molecule has 0 aliphatic heterocycles. The van der Waals surface area contributed by atoms with Crippen LogP contribution >= 0.6 is 27.5 Å². The van der Waals surface area contributed by atoms with Gasteiger partial charge in [0, 0.05) is 16.3 Å². The van der Waals surface area contributed by atoms with Crippen LogP contribution in [0.4, 0.5) is 5.82 Å². The van der Waals surface area contributed by atoms with Crippen molar-refractivity contribution in [3.63, 3.8) is 0 Å². The molecule has 0 aliphatic carbocycles. The largest absolute Gasteiger partial charge is 0.458 e. The van der Waals surface area contributed by atoms with E-state index in [1.807, 2.05) is 107 Å². The number of aromatic nitrogens is 2. The first-order valence-corrected chi connectivity index (χ1v) is 15.3. The van der Waals surface area contributed by atoms with E-state index < -0.39 is 0 Å². The normalized spacial score (nSPS) is 10.3. The molecule has 2 N–H and O–H groups in total. The molecule has 0 fully saturated rings. The van der Waals surface area contributed by atoms with Crippen LogP contribution in [0.2, 0.25) is 5.02 Å². The molecule has 2 aromatic carbocycles. The maximum atomic E-state index is 6.55. The van der Waals surface area contributed by atoms with Crippen molar-refractivity contribution in [3.05, 3.63) is 126 Å². The third-order valence-electron chi connectivity index (χ3n) is 5.35. The predicted octanol–water partition coefficient (Wildman–Crippen LogP) is 10.6.